The van der Waals surface area contributed by atoms with Crippen LogP contribution in [0.3, 0.4) is 0 Å². The van der Waals surface area contributed by atoms with E-state index in [4.69, 9.17) is 21.4 Å². The Morgan fingerprint density at radius 1 is 1.33 bits per heavy atom. The molecule has 0 atom stereocenters. The lowest BCUT2D eigenvalue weighted by molar-refractivity contribution is 0.0696. The van der Waals surface area contributed by atoms with Gasteiger partial charge in [0, 0.05) is 12.3 Å². The van der Waals surface area contributed by atoms with E-state index in [0.29, 0.717) is 16.7 Å². The molecular formula is C13H10ClNO3. The highest BCUT2D eigenvalue weighted by molar-refractivity contribution is 6.32. The van der Waals surface area contributed by atoms with Crippen LogP contribution in [0.5, 0.6) is 11.6 Å². The molecule has 0 radical (unpaired) electrons. The Hall–Kier alpha value is -2.07. The van der Waals surface area contributed by atoms with Gasteiger partial charge < -0.3 is 9.84 Å². The van der Waals surface area contributed by atoms with Gasteiger partial charge in [0.05, 0.1) is 10.6 Å². The molecular weight excluding hydrogens is 254 g/mol. The van der Waals surface area contributed by atoms with Gasteiger partial charge in [0.2, 0.25) is 5.88 Å². The topological polar surface area (TPSA) is 59.4 Å². The molecule has 2 aromatic rings. The van der Waals surface area contributed by atoms with Gasteiger partial charge in [-0.15, -0.1) is 0 Å². The fraction of sp³-hybridized carbons (Fsp3) is 0.0769. The average molecular weight is 264 g/mol. The highest BCUT2D eigenvalue weighted by Gasteiger charge is 2.06. The second-order valence-corrected chi connectivity index (χ2v) is 4.13. The van der Waals surface area contributed by atoms with Crippen LogP contribution in [0.2, 0.25) is 5.02 Å². The summed E-state index contributed by atoms with van der Waals surface area (Å²) in [7, 11) is 0. The van der Waals surface area contributed by atoms with E-state index >= 15 is 0 Å². The summed E-state index contributed by atoms with van der Waals surface area (Å²) in [6, 6.07) is 8.31. The minimum absolute atomic E-state index is 0.109. The molecule has 0 fully saturated rings. The Balaban J connectivity index is 2.23. The number of pyridine rings is 1. The molecule has 0 unspecified atom stereocenters. The molecule has 0 saturated carbocycles. The molecule has 1 heterocycles. The van der Waals surface area contributed by atoms with Crippen molar-refractivity contribution in [1.82, 2.24) is 4.98 Å². The summed E-state index contributed by atoms with van der Waals surface area (Å²) in [5, 5.41) is 9.22. The van der Waals surface area contributed by atoms with Gasteiger partial charge in [-0.3, -0.25) is 0 Å². The number of carbonyl (C=O) groups is 1. The van der Waals surface area contributed by atoms with Gasteiger partial charge in [-0.1, -0.05) is 17.7 Å². The minimum atomic E-state index is -1.03. The molecule has 0 bridgehead atoms. The smallest absolute Gasteiger partial charge is 0.337 e. The molecule has 2 rings (SSSR count). The summed E-state index contributed by atoms with van der Waals surface area (Å²) in [6.07, 6.45) is 1.24. The maximum atomic E-state index is 10.7. The second-order valence-electron chi connectivity index (χ2n) is 3.73. The summed E-state index contributed by atoms with van der Waals surface area (Å²) in [6.45, 7) is 1.92. The molecule has 18 heavy (non-hydrogen) atoms. The summed E-state index contributed by atoms with van der Waals surface area (Å²) in [4.78, 5) is 14.6. The predicted octanol–water partition coefficient (Wildman–Crippen LogP) is 3.53. The van der Waals surface area contributed by atoms with Crippen LogP contribution in [-0.2, 0) is 0 Å². The monoisotopic (exact) mass is 263 g/mol. The van der Waals surface area contributed by atoms with Crippen molar-refractivity contribution in [2.24, 2.45) is 0 Å². The van der Waals surface area contributed by atoms with Crippen LogP contribution in [0.4, 0.5) is 0 Å². The second kappa shape index (κ2) is 5.06. The molecule has 0 aliphatic heterocycles. The highest BCUT2D eigenvalue weighted by atomic mass is 35.5. The number of rotatable bonds is 3. The van der Waals surface area contributed by atoms with Gasteiger partial charge in [-0.05, 0) is 30.7 Å². The number of benzene rings is 1. The van der Waals surface area contributed by atoms with Gasteiger partial charge in [0.1, 0.15) is 5.75 Å². The van der Waals surface area contributed by atoms with Crippen LogP contribution in [0.15, 0.2) is 36.5 Å². The van der Waals surface area contributed by atoms with Crippen molar-refractivity contribution >= 4 is 17.6 Å². The fourth-order valence-corrected chi connectivity index (χ4v) is 1.52. The van der Waals surface area contributed by atoms with Crippen molar-refractivity contribution in [2.75, 3.05) is 0 Å². The lowest BCUT2D eigenvalue weighted by Crippen LogP contribution is -1.97. The Bertz CT molecular complexity index is 581. The van der Waals surface area contributed by atoms with Gasteiger partial charge in [0.15, 0.2) is 0 Å². The van der Waals surface area contributed by atoms with Crippen LogP contribution in [0.1, 0.15) is 15.9 Å². The first kappa shape index (κ1) is 12.4. The molecule has 0 amide bonds. The largest absolute Gasteiger partial charge is 0.478 e. The van der Waals surface area contributed by atoms with E-state index in [1.807, 2.05) is 13.0 Å². The van der Waals surface area contributed by atoms with Crippen LogP contribution in [-0.4, -0.2) is 16.1 Å². The summed E-state index contributed by atoms with van der Waals surface area (Å²) < 4.78 is 5.49. The zero-order valence-electron chi connectivity index (χ0n) is 9.55. The Morgan fingerprint density at radius 3 is 2.72 bits per heavy atom. The zero-order chi connectivity index (χ0) is 13.1. The summed E-state index contributed by atoms with van der Waals surface area (Å²) in [5.41, 5.74) is 1.12. The molecule has 1 aromatic heterocycles. The molecule has 92 valence electrons. The third-order valence-corrected chi connectivity index (χ3v) is 2.60. The van der Waals surface area contributed by atoms with Crippen molar-refractivity contribution in [3.05, 3.63) is 52.7 Å². The third kappa shape index (κ3) is 2.78. The maximum absolute atomic E-state index is 10.7. The van der Waals surface area contributed by atoms with E-state index in [1.165, 1.54) is 18.3 Å². The first-order valence-corrected chi connectivity index (χ1v) is 5.57. The predicted molar refractivity (Wildman–Crippen MR) is 67.5 cm³/mol. The molecule has 1 N–H and O–H groups in total. The van der Waals surface area contributed by atoms with Crippen LogP contribution in [0, 0.1) is 6.92 Å². The average Bonchev–Trinajstić information content (AvgIpc) is 2.34. The Morgan fingerprint density at radius 2 is 2.11 bits per heavy atom. The number of nitrogens with zero attached hydrogens (tertiary/aromatic N) is 1. The molecule has 5 heteroatoms. The van der Waals surface area contributed by atoms with E-state index in [2.05, 4.69) is 4.98 Å². The van der Waals surface area contributed by atoms with Crippen molar-refractivity contribution < 1.29 is 14.6 Å². The number of hydrogen-bond acceptors (Lipinski definition) is 3. The standard InChI is InChI=1S/C13H10ClNO3/c1-8-2-4-10(14)11(6-8)18-12-5-3-9(7-15-12)13(16)17/h2-7H,1H3,(H,16,17). The molecule has 1 aromatic carbocycles. The van der Waals surface area contributed by atoms with E-state index in [1.54, 1.807) is 12.1 Å². The third-order valence-electron chi connectivity index (χ3n) is 2.28. The van der Waals surface area contributed by atoms with Crippen LogP contribution < -0.4 is 4.74 Å². The first-order valence-electron chi connectivity index (χ1n) is 5.19. The van der Waals surface area contributed by atoms with Gasteiger partial charge in [0.25, 0.3) is 0 Å². The van der Waals surface area contributed by atoms with Crippen molar-refractivity contribution in [1.29, 1.82) is 0 Å². The fourth-order valence-electron chi connectivity index (χ4n) is 1.37. The number of hydrogen-bond donors (Lipinski definition) is 1. The van der Waals surface area contributed by atoms with E-state index < -0.39 is 5.97 Å². The van der Waals surface area contributed by atoms with E-state index in [-0.39, 0.29) is 5.56 Å². The number of halogens is 1. The number of aromatic nitrogens is 1. The van der Waals surface area contributed by atoms with Crippen molar-refractivity contribution in [2.45, 2.75) is 6.92 Å². The normalized spacial score (nSPS) is 10.1. The van der Waals surface area contributed by atoms with Gasteiger partial charge in [-0.2, -0.15) is 0 Å². The summed E-state index contributed by atoms with van der Waals surface area (Å²) in [5.74, 6) is -0.234. The number of carboxylic acid groups (broad SMARTS) is 1. The number of aromatic carboxylic acids is 1. The number of carboxylic acids is 1. The molecule has 0 aliphatic rings. The van der Waals surface area contributed by atoms with Crippen molar-refractivity contribution in [3.8, 4) is 11.6 Å². The number of ether oxygens (including phenoxy) is 1. The maximum Gasteiger partial charge on any atom is 0.337 e. The van der Waals surface area contributed by atoms with E-state index in [0.717, 1.165) is 5.56 Å². The van der Waals surface area contributed by atoms with Crippen LogP contribution in [0.25, 0.3) is 0 Å². The lowest BCUT2D eigenvalue weighted by Gasteiger charge is -2.07. The SMILES string of the molecule is Cc1ccc(Cl)c(Oc2ccc(C(=O)O)cn2)c1. The molecule has 0 saturated heterocycles. The Labute approximate surface area is 109 Å². The highest BCUT2D eigenvalue weighted by Crippen LogP contribution is 2.29. The van der Waals surface area contributed by atoms with Gasteiger partial charge in [-0.25, -0.2) is 9.78 Å². The summed E-state index contributed by atoms with van der Waals surface area (Å²) >= 11 is 5.98. The van der Waals surface area contributed by atoms with Gasteiger partial charge >= 0.3 is 5.97 Å². The van der Waals surface area contributed by atoms with Crippen LogP contribution >= 0.6 is 11.6 Å². The quantitative estimate of drug-likeness (QED) is 0.920. The zero-order valence-corrected chi connectivity index (χ0v) is 10.3. The Kier molecular flexibility index (Phi) is 3.48. The lowest BCUT2D eigenvalue weighted by atomic mass is 10.2. The van der Waals surface area contributed by atoms with Crippen molar-refractivity contribution in [3.63, 3.8) is 0 Å². The number of aryl methyl sites for hydroxylation is 1. The molecule has 4 nitrogen and oxygen atoms in total. The first-order chi connectivity index (χ1) is 8.56. The molecule has 0 spiro atoms. The molecule has 0 aliphatic carbocycles. The van der Waals surface area contributed by atoms with E-state index in [9.17, 15) is 4.79 Å². The minimum Gasteiger partial charge on any atom is -0.478 e.